The van der Waals surface area contributed by atoms with Gasteiger partial charge in [0.05, 0.1) is 0 Å². The smallest absolute Gasteiger partial charge is 0.0453 e. The van der Waals surface area contributed by atoms with Gasteiger partial charge in [0.1, 0.15) is 0 Å². The summed E-state index contributed by atoms with van der Waals surface area (Å²) in [5.41, 5.74) is 1.46. The first kappa shape index (κ1) is 16.1. The molecule has 0 radical (unpaired) electrons. The molecule has 0 saturated heterocycles. The van der Waals surface area contributed by atoms with Gasteiger partial charge >= 0.3 is 0 Å². The van der Waals surface area contributed by atoms with E-state index < -0.39 is 0 Å². The van der Waals surface area contributed by atoms with Crippen LogP contribution >= 0.6 is 23.2 Å². The van der Waals surface area contributed by atoms with Gasteiger partial charge in [-0.1, -0.05) is 36.2 Å². The van der Waals surface area contributed by atoms with E-state index in [1.54, 1.807) is 0 Å². The van der Waals surface area contributed by atoms with E-state index in [1.807, 2.05) is 18.2 Å². The van der Waals surface area contributed by atoms with Crippen LogP contribution in [-0.4, -0.2) is 12.1 Å². The molecule has 0 bridgehead atoms. The lowest BCUT2D eigenvalue weighted by Gasteiger charge is -2.34. The summed E-state index contributed by atoms with van der Waals surface area (Å²) < 4.78 is 0. The van der Waals surface area contributed by atoms with Crippen LogP contribution < -0.4 is 5.32 Å². The molecule has 3 heteroatoms. The van der Waals surface area contributed by atoms with E-state index in [2.05, 4.69) is 33.0 Å². The maximum atomic E-state index is 6.35. The largest absolute Gasteiger partial charge is 0.312 e. The molecule has 20 heavy (non-hydrogen) atoms. The molecule has 0 spiro atoms. The molecule has 112 valence electrons. The minimum Gasteiger partial charge on any atom is -0.312 e. The minimum absolute atomic E-state index is 0.139. The molecule has 1 N–H and O–H groups in total. The molecule has 1 aliphatic rings. The van der Waals surface area contributed by atoms with Crippen molar-refractivity contribution in [2.24, 2.45) is 11.3 Å². The molecule has 1 atom stereocenters. The molecule has 1 unspecified atom stereocenters. The number of rotatable bonds is 5. The Kier molecular flexibility index (Phi) is 4.73. The Labute approximate surface area is 133 Å². The predicted molar refractivity (Wildman–Crippen MR) is 88.8 cm³/mol. The number of nitrogens with one attached hydrogen (secondary N) is 1. The van der Waals surface area contributed by atoms with Gasteiger partial charge in [-0.15, -0.1) is 0 Å². The summed E-state index contributed by atoms with van der Waals surface area (Å²) >= 11 is 12.7. The maximum absolute atomic E-state index is 6.35. The van der Waals surface area contributed by atoms with E-state index in [4.69, 9.17) is 23.2 Å². The standard InChI is InChI=1S/C17H25Cl2N/c1-16(2,3)20-11-17(4,12-8-9-12)10-13-14(18)6-5-7-15(13)19/h5-7,12,20H,8-11H2,1-4H3. The van der Waals surface area contributed by atoms with Crippen molar-refractivity contribution in [3.8, 4) is 0 Å². The summed E-state index contributed by atoms with van der Waals surface area (Å²) in [5.74, 6) is 0.782. The third-order valence-corrected chi connectivity index (χ3v) is 4.94. The van der Waals surface area contributed by atoms with Crippen LogP contribution in [0, 0.1) is 11.3 Å². The summed E-state index contributed by atoms with van der Waals surface area (Å²) in [6.07, 6.45) is 3.59. The SMILES string of the molecule is CC(C)(C)NCC(C)(Cc1c(Cl)cccc1Cl)C1CC1. The van der Waals surface area contributed by atoms with Crippen molar-refractivity contribution in [2.45, 2.75) is 52.5 Å². The Balaban J connectivity index is 2.17. The molecule has 0 aromatic heterocycles. The second-order valence-corrected chi connectivity index (χ2v) is 8.22. The molecule has 1 aromatic carbocycles. The lowest BCUT2D eigenvalue weighted by Crippen LogP contribution is -2.44. The Hall–Kier alpha value is -0.240. The van der Waals surface area contributed by atoms with Gasteiger partial charge in [0.25, 0.3) is 0 Å². The second-order valence-electron chi connectivity index (χ2n) is 7.41. The van der Waals surface area contributed by atoms with Gasteiger partial charge in [0, 0.05) is 22.1 Å². The van der Waals surface area contributed by atoms with Gasteiger partial charge < -0.3 is 5.32 Å². The first-order chi connectivity index (χ1) is 9.21. The molecule has 0 heterocycles. The highest BCUT2D eigenvalue weighted by Gasteiger charge is 2.42. The topological polar surface area (TPSA) is 12.0 Å². The molecule has 1 fully saturated rings. The van der Waals surface area contributed by atoms with E-state index in [-0.39, 0.29) is 11.0 Å². The molecule has 1 aliphatic carbocycles. The zero-order chi connectivity index (χ0) is 15.0. The van der Waals surface area contributed by atoms with E-state index >= 15 is 0 Å². The van der Waals surface area contributed by atoms with Crippen LogP contribution in [0.4, 0.5) is 0 Å². The Morgan fingerprint density at radius 3 is 2.10 bits per heavy atom. The quantitative estimate of drug-likeness (QED) is 0.773. The van der Waals surface area contributed by atoms with Crippen molar-refractivity contribution in [1.29, 1.82) is 0 Å². The maximum Gasteiger partial charge on any atom is 0.0453 e. The average Bonchev–Trinajstić information content (AvgIpc) is 3.15. The van der Waals surface area contributed by atoms with Crippen molar-refractivity contribution in [3.05, 3.63) is 33.8 Å². The first-order valence-corrected chi connectivity index (χ1v) is 8.15. The van der Waals surface area contributed by atoms with E-state index in [9.17, 15) is 0 Å². The minimum atomic E-state index is 0.139. The van der Waals surface area contributed by atoms with Crippen LogP contribution in [-0.2, 0) is 6.42 Å². The van der Waals surface area contributed by atoms with Crippen molar-refractivity contribution in [1.82, 2.24) is 5.32 Å². The lowest BCUT2D eigenvalue weighted by atomic mass is 9.78. The number of hydrogen-bond donors (Lipinski definition) is 1. The monoisotopic (exact) mass is 313 g/mol. The van der Waals surface area contributed by atoms with Crippen molar-refractivity contribution >= 4 is 23.2 Å². The van der Waals surface area contributed by atoms with Crippen molar-refractivity contribution < 1.29 is 0 Å². The summed E-state index contributed by atoms with van der Waals surface area (Å²) in [5, 5.41) is 5.24. The summed E-state index contributed by atoms with van der Waals surface area (Å²) in [6, 6.07) is 5.79. The van der Waals surface area contributed by atoms with Crippen LogP contribution in [0.3, 0.4) is 0 Å². The molecule has 0 aliphatic heterocycles. The molecule has 1 aromatic rings. The molecule has 1 nitrogen and oxygen atoms in total. The molecular formula is C17H25Cl2N. The highest BCUT2D eigenvalue weighted by Crippen LogP contribution is 2.48. The van der Waals surface area contributed by atoms with Crippen LogP contribution in [0.2, 0.25) is 10.0 Å². The van der Waals surface area contributed by atoms with Crippen LogP contribution in [0.25, 0.3) is 0 Å². The van der Waals surface area contributed by atoms with Crippen LogP contribution in [0.15, 0.2) is 18.2 Å². The predicted octanol–water partition coefficient (Wildman–Crippen LogP) is 5.34. The number of hydrogen-bond acceptors (Lipinski definition) is 1. The third kappa shape index (κ3) is 4.13. The Bertz CT molecular complexity index is 454. The zero-order valence-electron chi connectivity index (χ0n) is 12.9. The van der Waals surface area contributed by atoms with Gasteiger partial charge in [0.15, 0.2) is 0 Å². The van der Waals surface area contributed by atoms with Gasteiger partial charge in [-0.05, 0) is 69.1 Å². The average molecular weight is 314 g/mol. The fourth-order valence-electron chi connectivity index (χ4n) is 2.70. The molecule has 0 amide bonds. The highest BCUT2D eigenvalue weighted by molar-refractivity contribution is 6.36. The highest BCUT2D eigenvalue weighted by atomic mass is 35.5. The van der Waals surface area contributed by atoms with Gasteiger partial charge in [-0.25, -0.2) is 0 Å². The Morgan fingerprint density at radius 1 is 1.10 bits per heavy atom. The normalized spacial score (nSPS) is 18.9. The molecule has 1 saturated carbocycles. The van der Waals surface area contributed by atoms with Crippen LogP contribution in [0.1, 0.15) is 46.1 Å². The van der Waals surface area contributed by atoms with E-state index in [0.29, 0.717) is 0 Å². The van der Waals surface area contributed by atoms with Crippen LogP contribution in [0.5, 0.6) is 0 Å². The van der Waals surface area contributed by atoms with Gasteiger partial charge in [-0.3, -0.25) is 0 Å². The summed E-state index contributed by atoms with van der Waals surface area (Å²) in [4.78, 5) is 0. The number of benzene rings is 1. The third-order valence-electron chi connectivity index (χ3n) is 4.23. The fraction of sp³-hybridized carbons (Fsp3) is 0.647. The summed E-state index contributed by atoms with van der Waals surface area (Å²) in [6.45, 7) is 10.0. The zero-order valence-corrected chi connectivity index (χ0v) is 14.4. The summed E-state index contributed by atoms with van der Waals surface area (Å²) in [7, 11) is 0. The molecular weight excluding hydrogens is 289 g/mol. The van der Waals surface area contributed by atoms with Crippen molar-refractivity contribution in [3.63, 3.8) is 0 Å². The Morgan fingerprint density at radius 2 is 1.65 bits per heavy atom. The lowest BCUT2D eigenvalue weighted by molar-refractivity contribution is 0.228. The molecule has 2 rings (SSSR count). The number of halogens is 2. The second kappa shape index (κ2) is 5.87. The van der Waals surface area contributed by atoms with E-state index in [0.717, 1.165) is 34.5 Å². The fourth-order valence-corrected chi connectivity index (χ4v) is 3.23. The van der Waals surface area contributed by atoms with Gasteiger partial charge in [0.2, 0.25) is 0 Å². The van der Waals surface area contributed by atoms with E-state index in [1.165, 1.54) is 12.8 Å². The van der Waals surface area contributed by atoms with Crippen molar-refractivity contribution in [2.75, 3.05) is 6.54 Å². The first-order valence-electron chi connectivity index (χ1n) is 7.39. The van der Waals surface area contributed by atoms with Gasteiger partial charge in [-0.2, -0.15) is 0 Å².